The molecule has 3 rings (SSSR count). The highest BCUT2D eigenvalue weighted by atomic mass is 16.5. The van der Waals surface area contributed by atoms with Crippen LogP contribution in [0.1, 0.15) is 58.3 Å². The summed E-state index contributed by atoms with van der Waals surface area (Å²) in [4.78, 5) is 0. The fourth-order valence-corrected chi connectivity index (χ4v) is 4.31. The van der Waals surface area contributed by atoms with Crippen molar-refractivity contribution in [3.63, 3.8) is 0 Å². The van der Waals surface area contributed by atoms with Crippen LogP contribution in [0.2, 0.25) is 0 Å². The molecule has 3 atom stereocenters. The van der Waals surface area contributed by atoms with E-state index in [2.05, 4.69) is 12.2 Å². The van der Waals surface area contributed by atoms with E-state index in [1.165, 1.54) is 45.1 Å². The van der Waals surface area contributed by atoms with Crippen molar-refractivity contribution in [2.45, 2.75) is 69.9 Å². The normalized spacial score (nSPS) is 38.0. The number of hydrogen-bond donors (Lipinski definition) is 1. The minimum Gasteiger partial charge on any atom is -0.381 e. The highest BCUT2D eigenvalue weighted by molar-refractivity contribution is 4.92. The molecule has 3 aliphatic rings. The molecule has 2 heterocycles. The molecule has 0 amide bonds. The van der Waals surface area contributed by atoms with Crippen LogP contribution in [-0.2, 0) is 9.47 Å². The van der Waals surface area contributed by atoms with Crippen molar-refractivity contribution < 1.29 is 9.47 Å². The van der Waals surface area contributed by atoms with Gasteiger partial charge in [0.25, 0.3) is 0 Å². The lowest BCUT2D eigenvalue weighted by Gasteiger charge is -2.44. The zero-order chi connectivity index (χ0) is 13.8. The average Bonchev–Trinajstić information content (AvgIpc) is 2.47. The minimum absolute atomic E-state index is 0.131. The standard InChI is InChI=1S/C17H31NO2/c1-14-4-2-3-5-15(14)13-18-16-6-9-20-17(12-16)7-10-19-11-8-17/h14-16,18H,2-13H2,1H3. The first-order chi connectivity index (χ1) is 9.77. The molecule has 0 aromatic carbocycles. The van der Waals surface area contributed by atoms with Gasteiger partial charge in [0.1, 0.15) is 0 Å². The maximum atomic E-state index is 6.13. The monoisotopic (exact) mass is 281 g/mol. The van der Waals surface area contributed by atoms with Gasteiger partial charge < -0.3 is 14.8 Å². The van der Waals surface area contributed by atoms with E-state index in [0.29, 0.717) is 6.04 Å². The quantitative estimate of drug-likeness (QED) is 0.862. The summed E-state index contributed by atoms with van der Waals surface area (Å²) >= 11 is 0. The highest BCUT2D eigenvalue weighted by Gasteiger charge is 2.39. The van der Waals surface area contributed by atoms with E-state index in [-0.39, 0.29) is 5.60 Å². The Morgan fingerprint density at radius 1 is 1.05 bits per heavy atom. The second kappa shape index (κ2) is 6.76. The van der Waals surface area contributed by atoms with Gasteiger partial charge in [-0.1, -0.05) is 26.2 Å². The Labute approximate surface area is 123 Å². The maximum Gasteiger partial charge on any atom is 0.0741 e. The molecule has 0 bridgehead atoms. The molecule has 3 fully saturated rings. The maximum absolute atomic E-state index is 6.13. The number of nitrogens with one attached hydrogen (secondary N) is 1. The van der Waals surface area contributed by atoms with Crippen LogP contribution in [0.4, 0.5) is 0 Å². The van der Waals surface area contributed by atoms with Crippen molar-refractivity contribution in [1.82, 2.24) is 5.32 Å². The molecule has 1 aliphatic carbocycles. The van der Waals surface area contributed by atoms with E-state index in [1.54, 1.807) is 0 Å². The van der Waals surface area contributed by atoms with Gasteiger partial charge in [0, 0.05) is 25.9 Å². The van der Waals surface area contributed by atoms with Gasteiger partial charge in [0.2, 0.25) is 0 Å². The smallest absolute Gasteiger partial charge is 0.0741 e. The summed E-state index contributed by atoms with van der Waals surface area (Å²) in [6.45, 7) is 6.35. The fourth-order valence-electron chi connectivity index (χ4n) is 4.31. The molecule has 0 radical (unpaired) electrons. The molecule has 20 heavy (non-hydrogen) atoms. The van der Waals surface area contributed by atoms with E-state index in [9.17, 15) is 0 Å². The molecule has 3 heteroatoms. The van der Waals surface area contributed by atoms with Gasteiger partial charge in [0.05, 0.1) is 5.60 Å². The van der Waals surface area contributed by atoms with E-state index in [4.69, 9.17) is 9.47 Å². The van der Waals surface area contributed by atoms with E-state index in [1.807, 2.05) is 0 Å². The zero-order valence-electron chi connectivity index (χ0n) is 13.0. The molecule has 0 aromatic rings. The van der Waals surface area contributed by atoms with Crippen LogP contribution in [0.25, 0.3) is 0 Å². The molecule has 1 N–H and O–H groups in total. The molecule has 2 aliphatic heterocycles. The summed E-state index contributed by atoms with van der Waals surface area (Å²) in [5.41, 5.74) is 0.131. The highest BCUT2D eigenvalue weighted by Crippen LogP contribution is 2.35. The molecule has 3 nitrogen and oxygen atoms in total. The number of hydrogen-bond acceptors (Lipinski definition) is 3. The third kappa shape index (κ3) is 3.55. The molecule has 1 spiro atoms. The molecule has 3 unspecified atom stereocenters. The summed E-state index contributed by atoms with van der Waals surface area (Å²) < 4.78 is 11.6. The summed E-state index contributed by atoms with van der Waals surface area (Å²) in [5, 5.41) is 3.87. The molecule has 0 aromatic heterocycles. The van der Waals surface area contributed by atoms with Gasteiger partial charge in [-0.3, -0.25) is 0 Å². The Morgan fingerprint density at radius 2 is 1.85 bits per heavy atom. The lowest BCUT2D eigenvalue weighted by molar-refractivity contribution is -0.140. The van der Waals surface area contributed by atoms with Gasteiger partial charge in [-0.15, -0.1) is 0 Å². The van der Waals surface area contributed by atoms with Crippen LogP contribution >= 0.6 is 0 Å². The molecular formula is C17H31NO2. The Hall–Kier alpha value is -0.120. The Kier molecular flexibility index (Phi) is 5.00. The van der Waals surface area contributed by atoms with Crippen molar-refractivity contribution in [3.05, 3.63) is 0 Å². The molecular weight excluding hydrogens is 250 g/mol. The Morgan fingerprint density at radius 3 is 2.65 bits per heavy atom. The largest absolute Gasteiger partial charge is 0.381 e. The number of rotatable bonds is 3. The van der Waals surface area contributed by atoms with Gasteiger partial charge in [-0.25, -0.2) is 0 Å². The van der Waals surface area contributed by atoms with Crippen molar-refractivity contribution in [1.29, 1.82) is 0 Å². The first-order valence-electron chi connectivity index (χ1n) is 8.72. The van der Waals surface area contributed by atoms with Crippen LogP contribution in [0.5, 0.6) is 0 Å². The van der Waals surface area contributed by atoms with Gasteiger partial charge in [-0.05, 0) is 50.5 Å². The summed E-state index contributed by atoms with van der Waals surface area (Å²) in [6, 6.07) is 0.663. The van der Waals surface area contributed by atoms with Gasteiger partial charge >= 0.3 is 0 Å². The van der Waals surface area contributed by atoms with E-state index >= 15 is 0 Å². The summed E-state index contributed by atoms with van der Waals surface area (Å²) in [6.07, 6.45) is 10.3. The first-order valence-corrected chi connectivity index (χ1v) is 8.72. The fraction of sp³-hybridized carbons (Fsp3) is 1.00. The van der Waals surface area contributed by atoms with Crippen LogP contribution in [0, 0.1) is 11.8 Å². The third-order valence-corrected chi connectivity index (χ3v) is 5.85. The topological polar surface area (TPSA) is 30.5 Å². The van der Waals surface area contributed by atoms with Crippen molar-refractivity contribution in [3.8, 4) is 0 Å². The number of ether oxygens (including phenoxy) is 2. The Balaban J connectivity index is 1.47. The second-order valence-corrected chi connectivity index (χ2v) is 7.26. The molecule has 116 valence electrons. The predicted molar refractivity (Wildman–Crippen MR) is 80.9 cm³/mol. The summed E-state index contributed by atoms with van der Waals surface area (Å²) in [5.74, 6) is 1.81. The van der Waals surface area contributed by atoms with Crippen LogP contribution < -0.4 is 5.32 Å². The minimum atomic E-state index is 0.131. The SMILES string of the molecule is CC1CCCCC1CNC1CCOC2(CCOCC2)C1. The first kappa shape index (κ1) is 14.8. The predicted octanol–water partition coefficient (Wildman–Crippen LogP) is 3.13. The molecule has 1 saturated carbocycles. The Bertz CT molecular complexity index is 296. The zero-order valence-corrected chi connectivity index (χ0v) is 13.0. The average molecular weight is 281 g/mol. The van der Waals surface area contributed by atoms with Crippen LogP contribution in [-0.4, -0.2) is 38.0 Å². The second-order valence-electron chi connectivity index (χ2n) is 7.26. The lowest BCUT2D eigenvalue weighted by atomic mass is 9.79. The van der Waals surface area contributed by atoms with Crippen LogP contribution in [0.3, 0.4) is 0 Å². The van der Waals surface area contributed by atoms with Crippen molar-refractivity contribution in [2.75, 3.05) is 26.4 Å². The van der Waals surface area contributed by atoms with Crippen LogP contribution in [0.15, 0.2) is 0 Å². The van der Waals surface area contributed by atoms with E-state index < -0.39 is 0 Å². The molecule has 2 saturated heterocycles. The van der Waals surface area contributed by atoms with Gasteiger partial charge in [-0.2, -0.15) is 0 Å². The summed E-state index contributed by atoms with van der Waals surface area (Å²) in [7, 11) is 0. The van der Waals surface area contributed by atoms with Crippen molar-refractivity contribution in [2.24, 2.45) is 11.8 Å². The van der Waals surface area contributed by atoms with E-state index in [0.717, 1.165) is 44.5 Å². The van der Waals surface area contributed by atoms with Crippen molar-refractivity contribution >= 4 is 0 Å². The lowest BCUT2D eigenvalue weighted by Crippen LogP contribution is -2.50. The third-order valence-electron chi connectivity index (χ3n) is 5.85. The van der Waals surface area contributed by atoms with Gasteiger partial charge in [0.15, 0.2) is 0 Å².